The molecule has 2 aromatic heterocycles. The molecule has 0 unspecified atom stereocenters. The lowest BCUT2D eigenvalue weighted by Gasteiger charge is -2.18. The zero-order valence-corrected chi connectivity index (χ0v) is 28.6. The van der Waals surface area contributed by atoms with E-state index in [4.69, 9.17) is 0 Å². The number of rotatable bonds is 3. The second-order valence-corrected chi connectivity index (χ2v) is 15.3. The Morgan fingerprint density at radius 2 is 0.840 bits per heavy atom. The molecule has 0 atom stereocenters. The van der Waals surface area contributed by atoms with E-state index in [1.807, 2.05) is 22.7 Å². The number of thiophene rings is 2. The van der Waals surface area contributed by atoms with Gasteiger partial charge in [-0.2, -0.15) is 0 Å². The van der Waals surface area contributed by atoms with E-state index in [1.165, 1.54) is 106 Å². The molecule has 11 aromatic rings. The minimum absolute atomic E-state index is 1.23. The van der Waals surface area contributed by atoms with Crippen molar-refractivity contribution >= 4 is 95.3 Å². The van der Waals surface area contributed by atoms with Crippen LogP contribution in [-0.4, -0.2) is 0 Å². The topological polar surface area (TPSA) is 0 Å². The van der Waals surface area contributed by atoms with Crippen LogP contribution in [0.4, 0.5) is 0 Å². The standard InChI is InChI=1S/C48H28S2/c1-2-11-29(12-3-1)44-34-15-4-6-17-36(34)45(37-18-7-5-16-35(37)44)33-14-10-13-31(27-33)32-23-25-42-40(28-32)38-24-21-30-22-26-43-47(46(30)48(38)50-42)39-19-8-9-20-41(39)49-43/h1-28H. The van der Waals surface area contributed by atoms with E-state index in [9.17, 15) is 0 Å². The molecule has 0 fully saturated rings. The molecule has 232 valence electrons. The van der Waals surface area contributed by atoms with Gasteiger partial charge in [0.25, 0.3) is 0 Å². The molecule has 0 N–H and O–H groups in total. The Hall–Kier alpha value is -5.80. The molecule has 0 bridgehead atoms. The quantitative estimate of drug-likeness (QED) is 0.164. The second kappa shape index (κ2) is 10.9. The zero-order valence-electron chi connectivity index (χ0n) is 27.0. The van der Waals surface area contributed by atoms with Crippen molar-refractivity contribution < 1.29 is 0 Å². The second-order valence-electron chi connectivity index (χ2n) is 13.2. The van der Waals surface area contributed by atoms with E-state index < -0.39 is 0 Å². The number of hydrogen-bond donors (Lipinski definition) is 0. The fourth-order valence-electron chi connectivity index (χ4n) is 8.25. The molecule has 0 saturated carbocycles. The van der Waals surface area contributed by atoms with E-state index in [0.717, 1.165) is 0 Å². The minimum Gasteiger partial charge on any atom is -0.135 e. The Kier molecular flexibility index (Phi) is 6.09. The minimum atomic E-state index is 1.23. The first-order chi connectivity index (χ1) is 24.8. The summed E-state index contributed by atoms with van der Waals surface area (Å²) in [6.45, 7) is 0. The van der Waals surface area contributed by atoms with Gasteiger partial charge in [0.2, 0.25) is 0 Å². The highest BCUT2D eigenvalue weighted by Crippen LogP contribution is 2.47. The molecule has 9 aromatic carbocycles. The monoisotopic (exact) mass is 668 g/mol. The van der Waals surface area contributed by atoms with Crippen LogP contribution in [0.3, 0.4) is 0 Å². The number of benzene rings is 9. The highest BCUT2D eigenvalue weighted by Gasteiger charge is 2.18. The van der Waals surface area contributed by atoms with Gasteiger partial charge in [0.1, 0.15) is 0 Å². The summed E-state index contributed by atoms with van der Waals surface area (Å²) in [6.07, 6.45) is 0. The van der Waals surface area contributed by atoms with Gasteiger partial charge >= 0.3 is 0 Å². The predicted molar refractivity (Wildman–Crippen MR) is 221 cm³/mol. The summed E-state index contributed by atoms with van der Waals surface area (Å²) >= 11 is 3.83. The fraction of sp³-hybridized carbons (Fsp3) is 0. The molecule has 2 heterocycles. The van der Waals surface area contributed by atoms with Crippen molar-refractivity contribution in [3.63, 3.8) is 0 Å². The fourth-order valence-corrected chi connectivity index (χ4v) is 10.6. The Bertz CT molecular complexity index is 3080. The zero-order chi connectivity index (χ0) is 32.8. The van der Waals surface area contributed by atoms with Gasteiger partial charge < -0.3 is 0 Å². The van der Waals surface area contributed by atoms with Crippen molar-refractivity contribution in [1.82, 2.24) is 0 Å². The summed E-state index contributed by atoms with van der Waals surface area (Å²) in [7, 11) is 0. The Labute approximate surface area is 297 Å². The Morgan fingerprint density at radius 1 is 0.280 bits per heavy atom. The lowest BCUT2D eigenvalue weighted by Crippen LogP contribution is -1.91. The van der Waals surface area contributed by atoms with Gasteiger partial charge in [-0.25, -0.2) is 0 Å². The van der Waals surface area contributed by atoms with Gasteiger partial charge in [-0.3, -0.25) is 0 Å². The van der Waals surface area contributed by atoms with E-state index in [2.05, 4.69) is 170 Å². The Balaban J connectivity index is 1.12. The molecule has 0 amide bonds. The largest absolute Gasteiger partial charge is 0.135 e. The summed E-state index contributed by atoms with van der Waals surface area (Å²) in [6, 6.07) is 63.0. The van der Waals surface area contributed by atoms with Crippen molar-refractivity contribution in [2.24, 2.45) is 0 Å². The van der Waals surface area contributed by atoms with Crippen LogP contribution in [0, 0.1) is 0 Å². The highest BCUT2D eigenvalue weighted by molar-refractivity contribution is 7.28. The molecule has 0 aliphatic rings. The van der Waals surface area contributed by atoms with Crippen LogP contribution in [0.2, 0.25) is 0 Å². The van der Waals surface area contributed by atoms with Gasteiger partial charge in [0.05, 0.1) is 0 Å². The molecule has 0 spiro atoms. The van der Waals surface area contributed by atoms with Crippen LogP contribution in [0.1, 0.15) is 0 Å². The maximum Gasteiger partial charge on any atom is 0.0440 e. The predicted octanol–water partition coefficient (Wildman–Crippen LogP) is 14.9. The van der Waals surface area contributed by atoms with Gasteiger partial charge in [0, 0.05) is 45.7 Å². The smallest absolute Gasteiger partial charge is 0.0440 e. The van der Waals surface area contributed by atoms with Gasteiger partial charge in [-0.15, -0.1) is 22.7 Å². The average Bonchev–Trinajstić information content (AvgIpc) is 3.75. The van der Waals surface area contributed by atoms with E-state index in [0.29, 0.717) is 0 Å². The van der Waals surface area contributed by atoms with Crippen LogP contribution in [0.5, 0.6) is 0 Å². The third kappa shape index (κ3) is 4.10. The molecular formula is C48H28S2. The van der Waals surface area contributed by atoms with Crippen LogP contribution in [0.25, 0.3) is 106 Å². The molecule has 11 rings (SSSR count). The van der Waals surface area contributed by atoms with Gasteiger partial charge in [-0.1, -0.05) is 140 Å². The van der Waals surface area contributed by atoms with Crippen LogP contribution >= 0.6 is 22.7 Å². The molecule has 2 heteroatoms. The van der Waals surface area contributed by atoms with Gasteiger partial charge in [0.15, 0.2) is 0 Å². The third-order valence-electron chi connectivity index (χ3n) is 10.4. The molecule has 0 radical (unpaired) electrons. The molecule has 0 nitrogen and oxygen atoms in total. The summed E-state index contributed by atoms with van der Waals surface area (Å²) < 4.78 is 5.43. The summed E-state index contributed by atoms with van der Waals surface area (Å²) in [4.78, 5) is 0. The molecular weight excluding hydrogens is 641 g/mol. The first kappa shape index (κ1) is 28.1. The van der Waals surface area contributed by atoms with Crippen molar-refractivity contribution in [3.8, 4) is 33.4 Å². The highest BCUT2D eigenvalue weighted by atomic mass is 32.1. The van der Waals surface area contributed by atoms with Crippen molar-refractivity contribution in [2.45, 2.75) is 0 Å². The summed E-state index contributed by atoms with van der Waals surface area (Å²) in [5, 5.41) is 13.2. The van der Waals surface area contributed by atoms with Crippen LogP contribution in [-0.2, 0) is 0 Å². The number of fused-ring (bicyclic) bond motifs is 11. The van der Waals surface area contributed by atoms with E-state index in [-0.39, 0.29) is 0 Å². The summed E-state index contributed by atoms with van der Waals surface area (Å²) in [5.41, 5.74) is 7.55. The molecule has 0 aliphatic carbocycles. The lowest BCUT2D eigenvalue weighted by molar-refractivity contribution is 1.63. The third-order valence-corrected chi connectivity index (χ3v) is 12.8. The SMILES string of the molecule is c1ccc(-c2c3ccccc3c(-c3cccc(-c4ccc5sc6c(ccc7ccc8sc9ccccc9c8c76)c5c4)c3)c3ccccc23)cc1. The van der Waals surface area contributed by atoms with Crippen molar-refractivity contribution in [2.75, 3.05) is 0 Å². The maximum atomic E-state index is 2.42. The Morgan fingerprint density at radius 3 is 1.60 bits per heavy atom. The average molecular weight is 669 g/mol. The van der Waals surface area contributed by atoms with Gasteiger partial charge in [-0.05, 0) is 90.6 Å². The molecule has 50 heavy (non-hydrogen) atoms. The first-order valence-corrected chi connectivity index (χ1v) is 18.7. The normalized spacial score (nSPS) is 12.0. The lowest BCUT2D eigenvalue weighted by atomic mass is 9.85. The maximum absolute atomic E-state index is 2.42. The summed E-state index contributed by atoms with van der Waals surface area (Å²) in [5.74, 6) is 0. The van der Waals surface area contributed by atoms with E-state index in [1.54, 1.807) is 0 Å². The van der Waals surface area contributed by atoms with Crippen molar-refractivity contribution in [3.05, 3.63) is 170 Å². The van der Waals surface area contributed by atoms with Crippen LogP contribution < -0.4 is 0 Å². The van der Waals surface area contributed by atoms with Crippen LogP contribution in [0.15, 0.2) is 170 Å². The van der Waals surface area contributed by atoms with Crippen molar-refractivity contribution in [1.29, 1.82) is 0 Å². The molecule has 0 aliphatic heterocycles. The number of hydrogen-bond acceptors (Lipinski definition) is 2. The molecule has 0 saturated heterocycles. The first-order valence-electron chi connectivity index (χ1n) is 17.1. The van der Waals surface area contributed by atoms with E-state index >= 15 is 0 Å².